The number of rotatable bonds is 8. The zero-order valence-corrected chi connectivity index (χ0v) is 8.85. The summed E-state index contributed by atoms with van der Waals surface area (Å²) in [4.78, 5) is 8.97. The van der Waals surface area contributed by atoms with Gasteiger partial charge in [-0.15, -0.1) is 0 Å². The summed E-state index contributed by atoms with van der Waals surface area (Å²) in [7, 11) is -2.69. The van der Waals surface area contributed by atoms with E-state index in [9.17, 15) is 4.57 Å². The average molecular weight is 229 g/mol. The molecule has 14 heavy (non-hydrogen) atoms. The standard InChI is InChI=1S/C6H16NO6P/c1-11-4-6(8)5-13-14(9,10)12-3-2-7/h6,8H,2-5,7H2,1H3,(H,9,10)/t6-/m1/s1. The number of aliphatic hydroxyl groups is 1. The molecule has 7 nitrogen and oxygen atoms in total. The SMILES string of the molecule is COC[C@@H](O)COP(=O)(O)OCCN. The van der Waals surface area contributed by atoms with Gasteiger partial charge < -0.3 is 20.5 Å². The molecule has 0 spiro atoms. The molecule has 0 fully saturated rings. The first-order valence-corrected chi connectivity index (χ1v) is 5.50. The molecule has 0 heterocycles. The van der Waals surface area contributed by atoms with E-state index in [1.807, 2.05) is 0 Å². The van der Waals surface area contributed by atoms with Crippen LogP contribution in [-0.4, -0.2) is 49.6 Å². The number of hydrogen-bond donors (Lipinski definition) is 3. The minimum Gasteiger partial charge on any atom is -0.388 e. The van der Waals surface area contributed by atoms with E-state index in [-0.39, 0.29) is 26.4 Å². The number of phosphoric acid groups is 1. The Bertz CT molecular complexity index is 189. The zero-order valence-electron chi connectivity index (χ0n) is 7.96. The van der Waals surface area contributed by atoms with Crippen LogP contribution in [0.3, 0.4) is 0 Å². The minimum absolute atomic E-state index is 0.0247. The fraction of sp³-hybridized carbons (Fsp3) is 1.00. The predicted octanol–water partition coefficient (Wildman–Crippen LogP) is -0.914. The van der Waals surface area contributed by atoms with Crippen LogP contribution in [0.15, 0.2) is 0 Å². The third-order valence-electron chi connectivity index (χ3n) is 1.16. The largest absolute Gasteiger partial charge is 0.472 e. The summed E-state index contributed by atoms with van der Waals surface area (Å²) in [5.74, 6) is 0. The summed E-state index contributed by atoms with van der Waals surface area (Å²) < 4.78 is 24.4. The van der Waals surface area contributed by atoms with E-state index in [1.165, 1.54) is 7.11 Å². The van der Waals surface area contributed by atoms with Crippen LogP contribution in [0.1, 0.15) is 0 Å². The van der Waals surface area contributed by atoms with Crippen LogP contribution in [0.4, 0.5) is 0 Å². The number of ether oxygens (including phenoxy) is 1. The lowest BCUT2D eigenvalue weighted by Gasteiger charge is -2.14. The van der Waals surface area contributed by atoms with Crippen molar-refractivity contribution in [3.63, 3.8) is 0 Å². The van der Waals surface area contributed by atoms with Gasteiger partial charge >= 0.3 is 7.82 Å². The van der Waals surface area contributed by atoms with Crippen molar-refractivity contribution in [3.05, 3.63) is 0 Å². The first-order valence-electron chi connectivity index (χ1n) is 4.00. The maximum absolute atomic E-state index is 11.0. The summed E-state index contributed by atoms with van der Waals surface area (Å²) in [6, 6.07) is 0. The van der Waals surface area contributed by atoms with Crippen LogP contribution in [0.5, 0.6) is 0 Å². The Morgan fingerprint density at radius 1 is 1.43 bits per heavy atom. The highest BCUT2D eigenvalue weighted by molar-refractivity contribution is 7.47. The van der Waals surface area contributed by atoms with Crippen molar-refractivity contribution in [3.8, 4) is 0 Å². The first-order chi connectivity index (χ1) is 6.52. The second kappa shape index (κ2) is 7.30. The molecule has 0 saturated heterocycles. The van der Waals surface area contributed by atoms with Gasteiger partial charge in [0.15, 0.2) is 0 Å². The van der Waals surface area contributed by atoms with E-state index in [4.69, 9.17) is 15.7 Å². The van der Waals surface area contributed by atoms with Gasteiger partial charge in [-0.2, -0.15) is 0 Å². The molecule has 0 bridgehead atoms. The fourth-order valence-corrected chi connectivity index (χ4v) is 1.40. The third-order valence-corrected chi connectivity index (χ3v) is 2.15. The van der Waals surface area contributed by atoms with Crippen molar-refractivity contribution in [1.29, 1.82) is 0 Å². The van der Waals surface area contributed by atoms with Gasteiger partial charge in [0, 0.05) is 13.7 Å². The highest BCUT2D eigenvalue weighted by Crippen LogP contribution is 2.42. The molecule has 0 aromatic heterocycles. The molecule has 0 saturated carbocycles. The number of hydrogen-bond acceptors (Lipinski definition) is 6. The van der Waals surface area contributed by atoms with Crippen LogP contribution in [-0.2, 0) is 18.3 Å². The minimum atomic E-state index is -4.08. The van der Waals surface area contributed by atoms with Crippen LogP contribution in [0.25, 0.3) is 0 Å². The van der Waals surface area contributed by atoms with Gasteiger partial charge in [0.1, 0.15) is 6.10 Å². The Kier molecular flexibility index (Phi) is 7.30. The number of nitrogens with two attached hydrogens (primary N) is 1. The Morgan fingerprint density at radius 2 is 2.07 bits per heavy atom. The second-order valence-corrected chi connectivity index (χ2v) is 3.95. The molecular weight excluding hydrogens is 213 g/mol. The topological polar surface area (TPSA) is 111 Å². The molecule has 0 radical (unpaired) electrons. The molecule has 0 aromatic rings. The third kappa shape index (κ3) is 7.40. The van der Waals surface area contributed by atoms with E-state index >= 15 is 0 Å². The predicted molar refractivity (Wildman–Crippen MR) is 48.7 cm³/mol. The summed E-state index contributed by atoms with van der Waals surface area (Å²) in [5, 5.41) is 9.08. The molecule has 8 heteroatoms. The Labute approximate surface area is 82.4 Å². The van der Waals surface area contributed by atoms with Crippen LogP contribution >= 0.6 is 7.82 Å². The van der Waals surface area contributed by atoms with Gasteiger partial charge in [0.25, 0.3) is 0 Å². The molecule has 0 aliphatic carbocycles. The van der Waals surface area contributed by atoms with Crippen molar-refractivity contribution >= 4 is 7.82 Å². The van der Waals surface area contributed by atoms with Crippen molar-refractivity contribution in [2.75, 3.05) is 33.5 Å². The highest BCUT2D eigenvalue weighted by Gasteiger charge is 2.21. The van der Waals surface area contributed by atoms with Gasteiger partial charge in [-0.05, 0) is 0 Å². The van der Waals surface area contributed by atoms with E-state index in [0.29, 0.717) is 0 Å². The summed E-state index contributed by atoms with van der Waals surface area (Å²) >= 11 is 0. The van der Waals surface area contributed by atoms with E-state index in [1.54, 1.807) is 0 Å². The van der Waals surface area contributed by atoms with Gasteiger partial charge in [-0.25, -0.2) is 4.57 Å². The van der Waals surface area contributed by atoms with Crippen molar-refractivity contribution < 1.29 is 28.3 Å². The monoisotopic (exact) mass is 229 g/mol. The molecule has 0 aliphatic heterocycles. The smallest absolute Gasteiger partial charge is 0.388 e. The first kappa shape index (κ1) is 14.0. The number of aliphatic hydroxyl groups excluding tert-OH is 1. The van der Waals surface area contributed by atoms with E-state index < -0.39 is 13.9 Å². The second-order valence-electron chi connectivity index (χ2n) is 2.50. The van der Waals surface area contributed by atoms with Gasteiger partial charge in [-0.1, -0.05) is 0 Å². The van der Waals surface area contributed by atoms with Crippen LogP contribution in [0, 0.1) is 0 Å². The lowest BCUT2D eigenvalue weighted by atomic mass is 10.4. The van der Waals surface area contributed by atoms with Crippen molar-refractivity contribution in [2.45, 2.75) is 6.10 Å². The Morgan fingerprint density at radius 3 is 2.57 bits per heavy atom. The van der Waals surface area contributed by atoms with Crippen LogP contribution in [0.2, 0.25) is 0 Å². The molecule has 0 aromatic carbocycles. The normalized spacial score (nSPS) is 17.7. The Hall–Kier alpha value is -0.0100. The van der Waals surface area contributed by atoms with Gasteiger partial charge in [0.05, 0.1) is 19.8 Å². The van der Waals surface area contributed by atoms with Crippen molar-refractivity contribution in [1.82, 2.24) is 0 Å². The quantitative estimate of drug-likeness (QED) is 0.462. The lowest BCUT2D eigenvalue weighted by Crippen LogP contribution is -2.20. The molecule has 0 aliphatic rings. The highest BCUT2D eigenvalue weighted by atomic mass is 31.2. The number of methoxy groups -OCH3 is 1. The number of phosphoric ester groups is 1. The molecule has 0 rings (SSSR count). The zero-order chi connectivity index (χ0) is 11.0. The molecule has 1 unspecified atom stereocenters. The summed E-state index contributed by atoms with van der Waals surface area (Å²) in [5.41, 5.74) is 5.06. The lowest BCUT2D eigenvalue weighted by molar-refractivity contribution is 0.0202. The molecule has 2 atom stereocenters. The van der Waals surface area contributed by atoms with Gasteiger partial charge in [0.2, 0.25) is 0 Å². The summed E-state index contributed by atoms with van der Waals surface area (Å²) in [6.45, 7) is -0.258. The Balaban J connectivity index is 3.69. The van der Waals surface area contributed by atoms with E-state index in [0.717, 1.165) is 0 Å². The molecular formula is C6H16NO6P. The summed E-state index contributed by atoms with van der Waals surface area (Å²) in [6.07, 6.45) is -0.957. The van der Waals surface area contributed by atoms with Crippen molar-refractivity contribution in [2.24, 2.45) is 5.73 Å². The molecule has 4 N–H and O–H groups in total. The maximum Gasteiger partial charge on any atom is 0.472 e. The van der Waals surface area contributed by atoms with Gasteiger partial charge in [-0.3, -0.25) is 9.05 Å². The fourth-order valence-electron chi connectivity index (χ4n) is 0.626. The van der Waals surface area contributed by atoms with E-state index in [2.05, 4.69) is 13.8 Å². The average Bonchev–Trinajstić information content (AvgIpc) is 2.13. The molecule has 86 valence electrons. The maximum atomic E-state index is 11.0. The van der Waals surface area contributed by atoms with Crippen LogP contribution < -0.4 is 5.73 Å². The molecule has 0 amide bonds.